The van der Waals surface area contributed by atoms with Crippen LogP contribution in [0, 0.1) is 0 Å². The minimum atomic E-state index is -1.00. The second-order valence-electron chi connectivity index (χ2n) is 4.09. The van der Waals surface area contributed by atoms with Crippen LogP contribution in [0.15, 0.2) is 24.3 Å². The van der Waals surface area contributed by atoms with Gasteiger partial charge in [-0.15, -0.1) is 0 Å². The molecular formula is C14H19NO4S. The summed E-state index contributed by atoms with van der Waals surface area (Å²) in [7, 11) is 0. The van der Waals surface area contributed by atoms with Gasteiger partial charge in [0.1, 0.15) is 11.8 Å². The van der Waals surface area contributed by atoms with Crippen molar-refractivity contribution in [1.29, 1.82) is 0 Å². The molecule has 0 spiro atoms. The number of carboxylic acids is 1. The van der Waals surface area contributed by atoms with Gasteiger partial charge in [-0.05, 0) is 36.8 Å². The molecular weight excluding hydrogens is 278 g/mol. The van der Waals surface area contributed by atoms with Crippen molar-refractivity contribution in [3.8, 4) is 5.75 Å². The molecule has 1 amide bonds. The zero-order valence-corrected chi connectivity index (χ0v) is 12.2. The monoisotopic (exact) mass is 297 g/mol. The van der Waals surface area contributed by atoms with E-state index in [-0.39, 0.29) is 0 Å². The SMILES string of the molecule is CCOc1ccc(CSCCC(NC=O)C(=O)O)cc1. The summed E-state index contributed by atoms with van der Waals surface area (Å²) in [6, 6.07) is 7.04. The van der Waals surface area contributed by atoms with Gasteiger partial charge in [0.05, 0.1) is 6.61 Å². The van der Waals surface area contributed by atoms with E-state index in [0.29, 0.717) is 25.2 Å². The van der Waals surface area contributed by atoms with Crippen LogP contribution in [0.4, 0.5) is 0 Å². The number of aliphatic carboxylic acids is 1. The average Bonchev–Trinajstić information content (AvgIpc) is 2.44. The van der Waals surface area contributed by atoms with Gasteiger partial charge in [-0.2, -0.15) is 11.8 Å². The Morgan fingerprint density at radius 2 is 2.15 bits per heavy atom. The minimum absolute atomic E-state index is 0.412. The van der Waals surface area contributed by atoms with E-state index in [9.17, 15) is 9.59 Å². The molecule has 0 bridgehead atoms. The smallest absolute Gasteiger partial charge is 0.326 e. The van der Waals surface area contributed by atoms with Gasteiger partial charge in [0.15, 0.2) is 0 Å². The highest BCUT2D eigenvalue weighted by Gasteiger charge is 2.15. The number of carbonyl (C=O) groups is 2. The first-order chi connectivity index (χ1) is 9.67. The molecule has 0 heterocycles. The van der Waals surface area contributed by atoms with Gasteiger partial charge >= 0.3 is 5.97 Å². The first kappa shape index (κ1) is 16.4. The third-order valence-corrected chi connectivity index (χ3v) is 3.68. The van der Waals surface area contributed by atoms with Crippen LogP contribution in [0.2, 0.25) is 0 Å². The molecule has 1 aromatic rings. The molecule has 5 nitrogen and oxygen atoms in total. The van der Waals surface area contributed by atoms with Crippen molar-refractivity contribution >= 4 is 24.1 Å². The lowest BCUT2D eigenvalue weighted by Gasteiger charge is -2.10. The van der Waals surface area contributed by atoms with Gasteiger partial charge in [-0.1, -0.05) is 12.1 Å². The normalized spacial score (nSPS) is 11.7. The Labute approximate surface area is 122 Å². The quantitative estimate of drug-likeness (QED) is 0.509. The summed E-state index contributed by atoms with van der Waals surface area (Å²) in [5.74, 6) is 1.33. The highest BCUT2D eigenvalue weighted by atomic mass is 32.2. The van der Waals surface area contributed by atoms with E-state index < -0.39 is 12.0 Å². The Kier molecular flexibility index (Phi) is 7.57. The molecule has 0 aromatic heterocycles. The maximum atomic E-state index is 10.8. The van der Waals surface area contributed by atoms with E-state index >= 15 is 0 Å². The van der Waals surface area contributed by atoms with Crippen LogP contribution in [-0.4, -0.2) is 35.9 Å². The minimum Gasteiger partial charge on any atom is -0.494 e. The number of ether oxygens (including phenoxy) is 1. The average molecular weight is 297 g/mol. The van der Waals surface area contributed by atoms with Crippen molar-refractivity contribution in [3.05, 3.63) is 29.8 Å². The maximum absolute atomic E-state index is 10.8. The number of amides is 1. The number of carboxylic acid groups (broad SMARTS) is 1. The van der Waals surface area contributed by atoms with Gasteiger partial charge in [-0.3, -0.25) is 4.79 Å². The molecule has 1 unspecified atom stereocenters. The molecule has 1 atom stereocenters. The first-order valence-corrected chi connectivity index (χ1v) is 7.54. The van der Waals surface area contributed by atoms with E-state index in [4.69, 9.17) is 9.84 Å². The molecule has 1 rings (SSSR count). The van der Waals surface area contributed by atoms with Gasteiger partial charge < -0.3 is 15.2 Å². The van der Waals surface area contributed by atoms with Gasteiger partial charge in [0.25, 0.3) is 0 Å². The van der Waals surface area contributed by atoms with Crippen LogP contribution >= 0.6 is 11.8 Å². The summed E-state index contributed by atoms with van der Waals surface area (Å²) in [4.78, 5) is 21.1. The zero-order valence-electron chi connectivity index (χ0n) is 11.4. The molecule has 0 saturated heterocycles. The molecule has 0 fully saturated rings. The first-order valence-electron chi connectivity index (χ1n) is 6.39. The fourth-order valence-electron chi connectivity index (χ4n) is 1.60. The molecule has 0 aliphatic rings. The molecule has 0 saturated carbocycles. The van der Waals surface area contributed by atoms with Crippen LogP contribution in [0.1, 0.15) is 18.9 Å². The van der Waals surface area contributed by atoms with Crippen LogP contribution in [0.3, 0.4) is 0 Å². The predicted molar refractivity (Wildman–Crippen MR) is 79.0 cm³/mol. The molecule has 20 heavy (non-hydrogen) atoms. The number of rotatable bonds is 10. The Balaban J connectivity index is 2.29. The number of nitrogens with one attached hydrogen (secondary N) is 1. The number of benzene rings is 1. The summed E-state index contributed by atoms with van der Waals surface area (Å²) in [6.45, 7) is 2.59. The van der Waals surface area contributed by atoms with E-state index in [0.717, 1.165) is 17.1 Å². The lowest BCUT2D eigenvalue weighted by atomic mass is 10.2. The van der Waals surface area contributed by atoms with E-state index in [2.05, 4.69) is 5.32 Å². The molecule has 110 valence electrons. The topological polar surface area (TPSA) is 75.6 Å². The second-order valence-corrected chi connectivity index (χ2v) is 5.20. The number of carbonyl (C=O) groups excluding carboxylic acids is 1. The predicted octanol–water partition coefficient (Wildman–Crippen LogP) is 1.91. The molecule has 6 heteroatoms. The Morgan fingerprint density at radius 3 is 2.70 bits per heavy atom. The van der Waals surface area contributed by atoms with Crippen LogP contribution in [0.5, 0.6) is 5.75 Å². The lowest BCUT2D eigenvalue weighted by molar-refractivity contribution is -0.140. The van der Waals surface area contributed by atoms with Gasteiger partial charge in [0.2, 0.25) is 6.41 Å². The van der Waals surface area contributed by atoms with Crippen LogP contribution in [0.25, 0.3) is 0 Å². The summed E-state index contributed by atoms with van der Waals surface area (Å²) in [5, 5.41) is 11.1. The molecule has 0 radical (unpaired) electrons. The maximum Gasteiger partial charge on any atom is 0.326 e. The van der Waals surface area contributed by atoms with E-state index in [1.807, 2.05) is 31.2 Å². The standard InChI is InChI=1S/C14H19NO4S/c1-2-19-12-5-3-11(4-6-12)9-20-8-7-13(14(17)18)15-10-16/h3-6,10,13H,2,7-9H2,1H3,(H,15,16)(H,17,18). The molecule has 0 aliphatic carbocycles. The third kappa shape index (κ3) is 5.97. The van der Waals surface area contributed by atoms with Crippen molar-refractivity contribution in [2.45, 2.75) is 25.1 Å². The Morgan fingerprint density at radius 1 is 1.45 bits per heavy atom. The summed E-state index contributed by atoms with van der Waals surface area (Å²) in [5.41, 5.74) is 1.16. The van der Waals surface area contributed by atoms with E-state index in [1.54, 1.807) is 11.8 Å². The third-order valence-electron chi connectivity index (χ3n) is 2.62. The highest BCUT2D eigenvalue weighted by molar-refractivity contribution is 7.98. The highest BCUT2D eigenvalue weighted by Crippen LogP contribution is 2.17. The number of hydrogen-bond acceptors (Lipinski definition) is 4. The van der Waals surface area contributed by atoms with Crippen LogP contribution in [-0.2, 0) is 15.3 Å². The molecule has 2 N–H and O–H groups in total. The van der Waals surface area contributed by atoms with Gasteiger partial charge in [0, 0.05) is 5.75 Å². The van der Waals surface area contributed by atoms with Crippen molar-refractivity contribution < 1.29 is 19.4 Å². The second kappa shape index (κ2) is 9.25. The van der Waals surface area contributed by atoms with Crippen LogP contribution < -0.4 is 10.1 Å². The fraction of sp³-hybridized carbons (Fsp3) is 0.429. The molecule has 1 aromatic carbocycles. The Hall–Kier alpha value is -1.69. The molecule has 0 aliphatic heterocycles. The largest absolute Gasteiger partial charge is 0.494 e. The summed E-state index contributed by atoms with van der Waals surface area (Å²) < 4.78 is 5.36. The number of hydrogen-bond donors (Lipinski definition) is 2. The fourth-order valence-corrected chi connectivity index (χ4v) is 2.57. The summed E-state index contributed by atoms with van der Waals surface area (Å²) >= 11 is 1.64. The summed E-state index contributed by atoms with van der Waals surface area (Å²) in [6.07, 6.45) is 0.839. The Bertz CT molecular complexity index is 422. The van der Waals surface area contributed by atoms with E-state index in [1.165, 1.54) is 0 Å². The van der Waals surface area contributed by atoms with Crippen molar-refractivity contribution in [1.82, 2.24) is 5.32 Å². The number of thioether (sulfide) groups is 1. The van der Waals surface area contributed by atoms with Crippen molar-refractivity contribution in [3.63, 3.8) is 0 Å². The van der Waals surface area contributed by atoms with Crippen molar-refractivity contribution in [2.24, 2.45) is 0 Å². The lowest BCUT2D eigenvalue weighted by Crippen LogP contribution is -2.36. The zero-order chi connectivity index (χ0) is 14.8. The van der Waals surface area contributed by atoms with Gasteiger partial charge in [-0.25, -0.2) is 4.79 Å². The van der Waals surface area contributed by atoms with Crippen molar-refractivity contribution in [2.75, 3.05) is 12.4 Å².